The van der Waals surface area contributed by atoms with Gasteiger partial charge in [-0.05, 0) is 43.9 Å². The van der Waals surface area contributed by atoms with Crippen molar-refractivity contribution in [1.29, 1.82) is 0 Å². The molecule has 4 heteroatoms. The van der Waals surface area contributed by atoms with Gasteiger partial charge in [-0.25, -0.2) is 0 Å². The molecule has 2 fully saturated rings. The van der Waals surface area contributed by atoms with Crippen LogP contribution in [0, 0.1) is 11.8 Å². The van der Waals surface area contributed by atoms with Crippen molar-refractivity contribution in [2.45, 2.75) is 45.1 Å². The van der Waals surface area contributed by atoms with Crippen LogP contribution in [-0.2, 0) is 9.53 Å². The Morgan fingerprint density at radius 1 is 1.22 bits per heavy atom. The highest BCUT2D eigenvalue weighted by atomic mass is 16.5. The molecule has 2 N–H and O–H groups in total. The third-order valence-electron chi connectivity index (χ3n) is 4.39. The van der Waals surface area contributed by atoms with Crippen LogP contribution in [0.1, 0.15) is 39.0 Å². The minimum atomic E-state index is -0.317. The second-order valence-electron chi connectivity index (χ2n) is 5.84. The number of nitrogens with two attached hydrogens (primary N) is 1. The van der Waals surface area contributed by atoms with Gasteiger partial charge in [0.05, 0.1) is 6.04 Å². The molecular formula is C14H26N2O2. The molecule has 2 unspecified atom stereocenters. The molecule has 104 valence electrons. The number of nitrogens with zero attached hydrogens (tertiary/aromatic N) is 1. The quantitative estimate of drug-likeness (QED) is 0.810. The monoisotopic (exact) mass is 254 g/mol. The topological polar surface area (TPSA) is 55.6 Å². The van der Waals surface area contributed by atoms with E-state index in [0.29, 0.717) is 5.92 Å². The molecule has 0 aromatic heterocycles. The highest BCUT2D eigenvalue weighted by Crippen LogP contribution is 2.21. The molecule has 2 rings (SSSR count). The summed E-state index contributed by atoms with van der Waals surface area (Å²) in [5.74, 6) is 1.21. The molecule has 2 atom stereocenters. The first-order valence-corrected chi connectivity index (χ1v) is 7.30. The van der Waals surface area contributed by atoms with Crippen LogP contribution in [0.25, 0.3) is 0 Å². The van der Waals surface area contributed by atoms with Crippen molar-refractivity contribution in [2.75, 3.05) is 26.3 Å². The molecule has 0 spiro atoms. The molecule has 18 heavy (non-hydrogen) atoms. The van der Waals surface area contributed by atoms with Gasteiger partial charge in [0.15, 0.2) is 0 Å². The second-order valence-corrected chi connectivity index (χ2v) is 5.84. The van der Waals surface area contributed by atoms with Crippen LogP contribution in [0.2, 0.25) is 0 Å². The van der Waals surface area contributed by atoms with Gasteiger partial charge >= 0.3 is 0 Å². The molecule has 2 aliphatic rings. The van der Waals surface area contributed by atoms with Gasteiger partial charge in [0.2, 0.25) is 5.91 Å². The van der Waals surface area contributed by atoms with E-state index in [2.05, 4.69) is 6.92 Å². The first-order chi connectivity index (χ1) is 8.68. The lowest BCUT2D eigenvalue weighted by molar-refractivity contribution is -0.134. The lowest BCUT2D eigenvalue weighted by Gasteiger charge is -2.31. The lowest BCUT2D eigenvalue weighted by Crippen LogP contribution is -2.49. The number of carbonyl (C=O) groups is 1. The summed E-state index contributed by atoms with van der Waals surface area (Å²) in [5, 5.41) is 0. The van der Waals surface area contributed by atoms with E-state index in [1.54, 1.807) is 0 Å². The van der Waals surface area contributed by atoms with Gasteiger partial charge in [-0.1, -0.05) is 6.92 Å². The number of rotatable bonds is 2. The van der Waals surface area contributed by atoms with Crippen LogP contribution in [0.5, 0.6) is 0 Å². The standard InChI is InChI=1S/C14H26N2O2/c1-11-3-2-7-16(8-4-11)14(17)13(15)12-5-9-18-10-6-12/h11-13H,2-10,15H2,1H3. The Morgan fingerprint density at radius 3 is 2.67 bits per heavy atom. The molecular weight excluding hydrogens is 228 g/mol. The zero-order valence-corrected chi connectivity index (χ0v) is 11.4. The van der Waals surface area contributed by atoms with Gasteiger partial charge in [-0.15, -0.1) is 0 Å². The van der Waals surface area contributed by atoms with Crippen molar-refractivity contribution in [3.63, 3.8) is 0 Å². The molecule has 0 radical (unpaired) electrons. The molecule has 4 nitrogen and oxygen atoms in total. The van der Waals surface area contributed by atoms with Crippen LogP contribution in [0.15, 0.2) is 0 Å². The van der Waals surface area contributed by atoms with Crippen LogP contribution in [0.3, 0.4) is 0 Å². The molecule has 0 aromatic carbocycles. The number of hydrogen-bond acceptors (Lipinski definition) is 3. The Labute approximate surface area is 110 Å². The molecule has 0 aromatic rings. The predicted octanol–water partition coefficient (Wildman–Crippen LogP) is 1.39. The van der Waals surface area contributed by atoms with Gasteiger partial charge in [-0.2, -0.15) is 0 Å². The maximum Gasteiger partial charge on any atom is 0.239 e. The minimum absolute atomic E-state index is 0.163. The molecule has 0 saturated carbocycles. The Morgan fingerprint density at radius 2 is 1.94 bits per heavy atom. The molecule has 2 aliphatic heterocycles. The van der Waals surface area contributed by atoms with Crippen molar-refractivity contribution in [2.24, 2.45) is 17.6 Å². The van der Waals surface area contributed by atoms with Crippen LogP contribution in [0.4, 0.5) is 0 Å². The van der Waals surface area contributed by atoms with E-state index < -0.39 is 0 Å². The zero-order valence-electron chi connectivity index (χ0n) is 11.4. The fraction of sp³-hybridized carbons (Fsp3) is 0.929. The van der Waals surface area contributed by atoms with E-state index in [1.807, 2.05) is 4.90 Å². The first-order valence-electron chi connectivity index (χ1n) is 7.30. The van der Waals surface area contributed by atoms with E-state index in [9.17, 15) is 4.79 Å². The molecule has 0 bridgehead atoms. The summed E-state index contributed by atoms with van der Waals surface area (Å²) >= 11 is 0. The van der Waals surface area contributed by atoms with Crippen molar-refractivity contribution in [3.05, 3.63) is 0 Å². The Hall–Kier alpha value is -0.610. The molecule has 1 amide bonds. The minimum Gasteiger partial charge on any atom is -0.381 e. The van der Waals surface area contributed by atoms with Crippen LogP contribution >= 0.6 is 0 Å². The number of carbonyl (C=O) groups excluding carboxylic acids is 1. The van der Waals surface area contributed by atoms with E-state index >= 15 is 0 Å². The SMILES string of the molecule is CC1CCCN(C(=O)C(N)C2CCOCC2)CC1. The van der Waals surface area contributed by atoms with Gasteiger partial charge < -0.3 is 15.4 Å². The largest absolute Gasteiger partial charge is 0.381 e. The Kier molecular flexibility index (Phi) is 5.01. The third kappa shape index (κ3) is 3.45. The van der Waals surface area contributed by atoms with Gasteiger partial charge in [0, 0.05) is 26.3 Å². The van der Waals surface area contributed by atoms with E-state index in [0.717, 1.165) is 57.9 Å². The molecule has 2 saturated heterocycles. The van der Waals surface area contributed by atoms with Gasteiger partial charge in [-0.3, -0.25) is 4.79 Å². The van der Waals surface area contributed by atoms with E-state index in [4.69, 9.17) is 10.5 Å². The summed E-state index contributed by atoms with van der Waals surface area (Å²) in [6.45, 7) is 5.55. The Bertz CT molecular complexity index is 273. The number of hydrogen-bond donors (Lipinski definition) is 1. The van der Waals surface area contributed by atoms with Crippen LogP contribution in [-0.4, -0.2) is 43.2 Å². The summed E-state index contributed by atoms with van der Waals surface area (Å²) in [7, 11) is 0. The lowest BCUT2D eigenvalue weighted by atomic mass is 9.91. The Balaban J connectivity index is 1.88. The maximum absolute atomic E-state index is 12.4. The summed E-state index contributed by atoms with van der Waals surface area (Å²) in [6, 6.07) is -0.317. The second kappa shape index (κ2) is 6.53. The normalized spacial score (nSPS) is 28.8. The number of amides is 1. The summed E-state index contributed by atoms with van der Waals surface area (Å²) in [4.78, 5) is 14.4. The van der Waals surface area contributed by atoms with Gasteiger partial charge in [0.25, 0.3) is 0 Å². The number of likely N-dealkylation sites (tertiary alicyclic amines) is 1. The van der Waals surface area contributed by atoms with Crippen molar-refractivity contribution >= 4 is 5.91 Å². The first kappa shape index (κ1) is 13.8. The summed E-state index contributed by atoms with van der Waals surface area (Å²) in [6.07, 6.45) is 5.32. The van der Waals surface area contributed by atoms with Crippen molar-refractivity contribution < 1.29 is 9.53 Å². The van der Waals surface area contributed by atoms with E-state index in [-0.39, 0.29) is 11.9 Å². The van der Waals surface area contributed by atoms with Crippen LogP contribution < -0.4 is 5.73 Å². The zero-order chi connectivity index (χ0) is 13.0. The molecule has 2 heterocycles. The third-order valence-corrected chi connectivity index (χ3v) is 4.39. The average molecular weight is 254 g/mol. The smallest absolute Gasteiger partial charge is 0.239 e. The van der Waals surface area contributed by atoms with Gasteiger partial charge in [0.1, 0.15) is 0 Å². The summed E-state index contributed by atoms with van der Waals surface area (Å²) < 4.78 is 5.33. The van der Waals surface area contributed by atoms with E-state index in [1.165, 1.54) is 6.42 Å². The summed E-state index contributed by atoms with van der Waals surface area (Å²) in [5.41, 5.74) is 6.16. The fourth-order valence-corrected chi connectivity index (χ4v) is 2.97. The maximum atomic E-state index is 12.4. The fourth-order valence-electron chi connectivity index (χ4n) is 2.97. The highest BCUT2D eigenvalue weighted by molar-refractivity contribution is 5.82. The highest BCUT2D eigenvalue weighted by Gasteiger charge is 2.30. The van der Waals surface area contributed by atoms with Crippen molar-refractivity contribution in [3.8, 4) is 0 Å². The average Bonchev–Trinajstić information content (AvgIpc) is 2.63. The van der Waals surface area contributed by atoms with Crippen molar-refractivity contribution in [1.82, 2.24) is 4.90 Å². The predicted molar refractivity (Wildman–Crippen MR) is 71.1 cm³/mol. The number of ether oxygens (including phenoxy) is 1. The molecule has 0 aliphatic carbocycles.